The second kappa shape index (κ2) is 15.4. The number of carboxylic acid groups (broad SMARTS) is 1. The maximum absolute atomic E-state index is 13.2. The van der Waals surface area contributed by atoms with Crippen LogP contribution in [0.4, 0.5) is 0 Å². The van der Waals surface area contributed by atoms with Gasteiger partial charge < -0.3 is 26.5 Å². The number of carboxylic acids is 1. The molecule has 216 valence electrons. The first kappa shape index (κ1) is 31.1. The van der Waals surface area contributed by atoms with Crippen molar-refractivity contribution in [1.82, 2.24) is 25.5 Å². The van der Waals surface area contributed by atoms with Crippen molar-refractivity contribution in [3.63, 3.8) is 0 Å². The van der Waals surface area contributed by atoms with Crippen LogP contribution in [0.2, 0.25) is 0 Å². The molecule has 3 rings (SSSR count). The smallest absolute Gasteiger partial charge is 0.326 e. The van der Waals surface area contributed by atoms with E-state index < -0.39 is 18.1 Å². The zero-order valence-electron chi connectivity index (χ0n) is 23.3. The Morgan fingerprint density at radius 3 is 2.58 bits per heavy atom. The van der Waals surface area contributed by atoms with Gasteiger partial charge in [-0.1, -0.05) is 62.7 Å². The van der Waals surface area contributed by atoms with Crippen LogP contribution >= 0.6 is 11.8 Å². The summed E-state index contributed by atoms with van der Waals surface area (Å²) in [6, 6.07) is 11.9. The minimum Gasteiger partial charge on any atom is -0.480 e. The van der Waals surface area contributed by atoms with Crippen LogP contribution in [0.5, 0.6) is 0 Å². The maximum atomic E-state index is 13.2. The summed E-state index contributed by atoms with van der Waals surface area (Å²) in [5.41, 5.74) is 7.72. The number of imidazole rings is 1. The molecule has 0 radical (unpaired) electrons. The average molecular weight is 569 g/mol. The molecule has 2 aromatic carbocycles. The molecule has 3 aromatic rings. The highest BCUT2D eigenvalue weighted by molar-refractivity contribution is 7.98. The summed E-state index contributed by atoms with van der Waals surface area (Å²) in [4.78, 5) is 46.8. The second-order valence-electron chi connectivity index (χ2n) is 10.0. The third-order valence-corrected chi connectivity index (χ3v) is 7.78. The lowest BCUT2D eigenvalue weighted by atomic mass is 9.97. The Kier molecular flexibility index (Phi) is 12.0. The number of carbonyl (C=O) groups is 3. The van der Waals surface area contributed by atoms with Gasteiger partial charge in [0.2, 0.25) is 11.8 Å². The number of carbonyl (C=O) groups excluding carboxylic acids is 2. The number of aliphatic carboxylic acids is 1. The Morgan fingerprint density at radius 2 is 1.90 bits per heavy atom. The molecule has 0 bridgehead atoms. The number of aromatic nitrogens is 2. The minimum atomic E-state index is -1.06. The summed E-state index contributed by atoms with van der Waals surface area (Å²) in [7, 11) is 0. The van der Waals surface area contributed by atoms with Crippen LogP contribution in [0, 0.1) is 5.92 Å². The molecule has 1 heterocycles. The molecule has 0 saturated heterocycles. The van der Waals surface area contributed by atoms with Gasteiger partial charge >= 0.3 is 5.97 Å². The molecule has 2 amide bonds. The molecule has 4 atom stereocenters. The molecule has 11 heteroatoms. The van der Waals surface area contributed by atoms with Gasteiger partial charge in [-0.3, -0.25) is 14.5 Å². The number of hydrogen-bond acceptors (Lipinski definition) is 7. The van der Waals surface area contributed by atoms with Gasteiger partial charge in [-0.2, -0.15) is 11.8 Å². The lowest BCUT2D eigenvalue weighted by Gasteiger charge is -2.32. The van der Waals surface area contributed by atoms with Crippen LogP contribution in [0.1, 0.15) is 44.0 Å². The third kappa shape index (κ3) is 8.80. The molecule has 0 saturated carbocycles. The summed E-state index contributed by atoms with van der Waals surface area (Å²) in [6.45, 7) is 4.87. The summed E-state index contributed by atoms with van der Waals surface area (Å²) in [5, 5.41) is 17.5. The lowest BCUT2D eigenvalue weighted by molar-refractivity contribution is -0.142. The molecule has 1 aromatic heterocycles. The molecule has 1 unspecified atom stereocenters. The van der Waals surface area contributed by atoms with Crippen LogP contribution < -0.4 is 16.4 Å². The zero-order valence-corrected chi connectivity index (χ0v) is 24.1. The molecular weight excluding hydrogens is 528 g/mol. The number of nitrogens with two attached hydrogens (primary N) is 1. The number of H-pyrrole nitrogens is 1. The van der Waals surface area contributed by atoms with Crippen molar-refractivity contribution in [3.8, 4) is 0 Å². The lowest BCUT2D eigenvalue weighted by Crippen LogP contribution is -2.52. The van der Waals surface area contributed by atoms with Crippen molar-refractivity contribution in [2.45, 2.75) is 51.4 Å². The standard InChI is InChI=1S/C29H40N6O4S/c1-4-19(2)25(34-28(37)27(30)24-14-31-18-32-24)16-35(17-26(36)33-23(29(38)39)12-13-40-3)15-21-10-7-9-20-8-5-6-11-22(20)21/h5-11,14,18-19,23,25,27H,4,12-13,15-17,30H2,1-3H3,(H,31,32)(H,33,36)(H,34,37)(H,38,39)/t19-,23-,25+,27?/m0/s1. The highest BCUT2D eigenvalue weighted by atomic mass is 32.2. The molecule has 0 aliphatic rings. The first-order chi connectivity index (χ1) is 19.2. The van der Waals surface area contributed by atoms with Crippen molar-refractivity contribution in [1.29, 1.82) is 0 Å². The summed E-state index contributed by atoms with van der Waals surface area (Å²) in [6.07, 6.45) is 6.03. The Hall–Kier alpha value is -3.41. The van der Waals surface area contributed by atoms with Crippen LogP contribution in [0.15, 0.2) is 55.0 Å². The molecule has 0 fully saturated rings. The van der Waals surface area contributed by atoms with Crippen LogP contribution in [0.3, 0.4) is 0 Å². The number of nitrogens with zero attached hydrogens (tertiary/aromatic N) is 2. The number of hydrogen-bond donors (Lipinski definition) is 5. The van der Waals surface area contributed by atoms with Gasteiger partial charge in [0.1, 0.15) is 12.1 Å². The number of fused-ring (bicyclic) bond motifs is 1. The molecule has 6 N–H and O–H groups in total. The average Bonchev–Trinajstić information content (AvgIpc) is 3.49. The van der Waals surface area contributed by atoms with E-state index in [4.69, 9.17) is 5.73 Å². The predicted molar refractivity (Wildman–Crippen MR) is 159 cm³/mol. The quantitative estimate of drug-likeness (QED) is 0.177. The van der Waals surface area contributed by atoms with Crippen molar-refractivity contribution in [3.05, 3.63) is 66.2 Å². The van der Waals surface area contributed by atoms with E-state index in [9.17, 15) is 19.5 Å². The van der Waals surface area contributed by atoms with Crippen molar-refractivity contribution in [2.24, 2.45) is 11.7 Å². The van der Waals surface area contributed by atoms with Crippen LogP contribution in [-0.4, -0.2) is 74.9 Å². The van der Waals surface area contributed by atoms with Gasteiger partial charge in [0.25, 0.3) is 0 Å². The first-order valence-electron chi connectivity index (χ1n) is 13.5. The fraction of sp³-hybridized carbons (Fsp3) is 0.448. The van der Waals surface area contributed by atoms with Gasteiger partial charge in [-0.05, 0) is 40.7 Å². The Bertz CT molecular complexity index is 1250. The van der Waals surface area contributed by atoms with E-state index in [0.717, 1.165) is 22.8 Å². The Balaban J connectivity index is 1.84. The van der Waals surface area contributed by atoms with Crippen molar-refractivity contribution < 1.29 is 19.5 Å². The number of nitrogens with one attached hydrogen (secondary N) is 3. The molecule has 10 nitrogen and oxygen atoms in total. The van der Waals surface area contributed by atoms with E-state index in [-0.39, 0.29) is 30.3 Å². The monoisotopic (exact) mass is 568 g/mol. The van der Waals surface area contributed by atoms with Gasteiger partial charge in [0.15, 0.2) is 0 Å². The molecular formula is C29H40N6O4S. The highest BCUT2D eigenvalue weighted by Gasteiger charge is 2.27. The minimum absolute atomic E-state index is 0.0261. The van der Waals surface area contributed by atoms with E-state index >= 15 is 0 Å². The molecule has 0 aliphatic carbocycles. The molecule has 40 heavy (non-hydrogen) atoms. The van der Waals surface area contributed by atoms with Crippen LogP contribution in [0.25, 0.3) is 10.8 Å². The van der Waals surface area contributed by atoms with Crippen molar-refractivity contribution >= 4 is 40.3 Å². The summed E-state index contributed by atoms with van der Waals surface area (Å²) >= 11 is 1.53. The fourth-order valence-corrected chi connectivity index (χ4v) is 5.04. The van der Waals surface area contributed by atoms with Gasteiger partial charge in [0, 0.05) is 19.1 Å². The van der Waals surface area contributed by atoms with Crippen LogP contribution in [-0.2, 0) is 20.9 Å². The van der Waals surface area contributed by atoms with Gasteiger partial charge in [-0.25, -0.2) is 9.78 Å². The molecule has 0 aliphatic heterocycles. The van der Waals surface area contributed by atoms with Crippen molar-refractivity contribution in [2.75, 3.05) is 25.1 Å². The SMILES string of the molecule is CC[C@H](C)[C@@H](CN(CC(=O)N[C@@H](CCSC)C(=O)O)Cc1cccc2ccccc12)NC(=O)C(N)c1cnc[nH]1. The largest absolute Gasteiger partial charge is 0.480 e. The Morgan fingerprint density at radius 1 is 1.15 bits per heavy atom. The van der Waals surface area contributed by atoms with E-state index in [1.807, 2.05) is 67.5 Å². The van der Waals surface area contributed by atoms with Gasteiger partial charge in [0.05, 0.1) is 24.8 Å². The first-order valence-corrected chi connectivity index (χ1v) is 14.9. The van der Waals surface area contributed by atoms with E-state index in [2.05, 4.69) is 20.6 Å². The van der Waals surface area contributed by atoms with E-state index in [1.54, 1.807) is 0 Å². The van der Waals surface area contributed by atoms with E-state index in [1.165, 1.54) is 24.3 Å². The number of rotatable bonds is 16. The highest BCUT2D eigenvalue weighted by Crippen LogP contribution is 2.21. The number of amides is 2. The Labute approximate surface area is 239 Å². The third-order valence-electron chi connectivity index (χ3n) is 7.14. The number of thioether (sulfide) groups is 1. The summed E-state index contributed by atoms with van der Waals surface area (Å²) < 4.78 is 0. The van der Waals surface area contributed by atoms with Gasteiger partial charge in [-0.15, -0.1) is 0 Å². The summed E-state index contributed by atoms with van der Waals surface area (Å²) in [5.74, 6) is -1.07. The number of aromatic amines is 1. The normalized spacial score (nSPS) is 14.4. The predicted octanol–water partition coefficient (Wildman–Crippen LogP) is 2.92. The number of benzene rings is 2. The fourth-order valence-electron chi connectivity index (χ4n) is 4.57. The maximum Gasteiger partial charge on any atom is 0.326 e. The second-order valence-corrected chi connectivity index (χ2v) is 11.0. The zero-order chi connectivity index (χ0) is 29.1. The molecule has 0 spiro atoms. The van der Waals surface area contributed by atoms with E-state index in [0.29, 0.717) is 31.0 Å². The topological polar surface area (TPSA) is 153 Å².